The summed E-state index contributed by atoms with van der Waals surface area (Å²) in [5.74, 6) is -0.750. The van der Waals surface area contributed by atoms with Crippen molar-refractivity contribution in [2.24, 2.45) is 0 Å². The third-order valence-corrected chi connectivity index (χ3v) is 0.813. The monoisotopic (exact) mass is 289 g/mol. The summed E-state index contributed by atoms with van der Waals surface area (Å²) < 4.78 is 0. The van der Waals surface area contributed by atoms with Crippen LogP contribution in [0.4, 0.5) is 0 Å². The molecule has 0 spiro atoms. The summed E-state index contributed by atoms with van der Waals surface area (Å²) in [7, 11) is 0. The molecule has 101 valence electrons. The first-order valence-electron chi connectivity index (χ1n) is 3.97. The third-order valence-electron chi connectivity index (χ3n) is 0.813. The molecule has 0 aromatic rings. The minimum atomic E-state index is -0.187. The van der Waals surface area contributed by atoms with E-state index in [0.29, 0.717) is 0 Å². The molecule has 0 aliphatic carbocycles. The van der Waals surface area contributed by atoms with E-state index in [-0.39, 0.29) is 51.1 Å². The maximum atomic E-state index is 9.98. The molecule has 7 heteroatoms. The molecule has 17 heavy (non-hydrogen) atoms. The van der Waals surface area contributed by atoms with Crippen LogP contribution in [0.25, 0.3) is 0 Å². The SMILES string of the molecule is CC(=O)C=C(C)[O-].CC(=O)C=C(C)[O-].O.O.[Mn+2]. The van der Waals surface area contributed by atoms with Crippen molar-refractivity contribution in [2.75, 3.05) is 0 Å². The fourth-order valence-corrected chi connectivity index (χ4v) is 0.572. The minimum absolute atomic E-state index is 0. The number of carbonyl (C=O) groups excluding carboxylic acids is 2. The van der Waals surface area contributed by atoms with Crippen LogP contribution in [0.3, 0.4) is 0 Å². The van der Waals surface area contributed by atoms with Crippen LogP contribution >= 0.6 is 0 Å². The second-order valence-electron chi connectivity index (χ2n) is 2.73. The Hall–Kier alpha value is -1.14. The fraction of sp³-hybridized carbons (Fsp3) is 0.400. The zero-order chi connectivity index (χ0) is 11.7. The molecule has 0 aliphatic heterocycles. The molecule has 0 unspecified atom stereocenters. The number of allylic oxidation sites excluding steroid dienone is 4. The second-order valence-corrected chi connectivity index (χ2v) is 2.73. The Morgan fingerprint density at radius 3 is 0.941 bits per heavy atom. The van der Waals surface area contributed by atoms with E-state index >= 15 is 0 Å². The van der Waals surface area contributed by atoms with Crippen LogP contribution in [0.5, 0.6) is 0 Å². The summed E-state index contributed by atoms with van der Waals surface area (Å²) >= 11 is 0. The van der Waals surface area contributed by atoms with Crippen molar-refractivity contribution in [2.45, 2.75) is 27.7 Å². The van der Waals surface area contributed by atoms with Gasteiger partial charge in [0.1, 0.15) is 0 Å². The zero-order valence-corrected chi connectivity index (χ0v) is 11.3. The maximum absolute atomic E-state index is 9.98. The van der Waals surface area contributed by atoms with Crippen molar-refractivity contribution in [3.63, 3.8) is 0 Å². The van der Waals surface area contributed by atoms with Gasteiger partial charge in [-0.2, -0.15) is 0 Å². The Bertz CT molecular complexity index is 234. The van der Waals surface area contributed by atoms with Gasteiger partial charge in [0.2, 0.25) is 0 Å². The molecule has 0 aliphatic rings. The fourth-order valence-electron chi connectivity index (χ4n) is 0.572. The summed E-state index contributed by atoms with van der Waals surface area (Å²) in [6.45, 7) is 5.39. The van der Waals surface area contributed by atoms with Crippen LogP contribution in [0, 0.1) is 0 Å². The van der Waals surface area contributed by atoms with Crippen LogP contribution in [-0.2, 0) is 26.7 Å². The Morgan fingerprint density at radius 2 is 0.941 bits per heavy atom. The summed E-state index contributed by atoms with van der Waals surface area (Å²) in [5, 5.41) is 20.0. The van der Waals surface area contributed by atoms with Gasteiger partial charge in [-0.15, -0.1) is 11.5 Å². The van der Waals surface area contributed by atoms with Crippen molar-refractivity contribution >= 4 is 11.6 Å². The molecular formula is C10H18MnO6. The Balaban J connectivity index is -0.0000000480. The van der Waals surface area contributed by atoms with Crippen LogP contribution in [0.15, 0.2) is 23.7 Å². The zero-order valence-electron chi connectivity index (χ0n) is 10.2. The van der Waals surface area contributed by atoms with Crippen molar-refractivity contribution in [1.29, 1.82) is 0 Å². The number of ketones is 2. The van der Waals surface area contributed by atoms with E-state index in [4.69, 9.17) is 0 Å². The molecule has 0 bridgehead atoms. The Kier molecular flexibility index (Phi) is 30.1. The summed E-state index contributed by atoms with van der Waals surface area (Å²) in [4.78, 5) is 20.0. The molecule has 0 rings (SSSR count). The topological polar surface area (TPSA) is 143 Å². The first kappa shape index (κ1) is 29.7. The molecule has 4 N–H and O–H groups in total. The number of rotatable bonds is 2. The Morgan fingerprint density at radius 1 is 0.765 bits per heavy atom. The van der Waals surface area contributed by atoms with Crippen molar-refractivity contribution in [3.05, 3.63) is 23.7 Å². The quantitative estimate of drug-likeness (QED) is 0.330. The van der Waals surface area contributed by atoms with Gasteiger partial charge >= 0.3 is 17.1 Å². The van der Waals surface area contributed by atoms with Crippen LogP contribution < -0.4 is 10.2 Å². The van der Waals surface area contributed by atoms with E-state index in [9.17, 15) is 19.8 Å². The van der Waals surface area contributed by atoms with Crippen molar-refractivity contribution in [1.82, 2.24) is 0 Å². The predicted octanol–water partition coefficient (Wildman–Crippen LogP) is -1.97. The molecule has 1 radical (unpaired) electrons. The van der Waals surface area contributed by atoms with Gasteiger partial charge in [0.15, 0.2) is 11.6 Å². The van der Waals surface area contributed by atoms with E-state index in [1.54, 1.807) is 0 Å². The molecule has 0 amide bonds. The third kappa shape index (κ3) is 52.2. The van der Waals surface area contributed by atoms with Crippen molar-refractivity contribution < 1.29 is 47.8 Å². The van der Waals surface area contributed by atoms with E-state index in [0.717, 1.165) is 12.2 Å². The normalized spacial score (nSPS) is 9.41. The average molecular weight is 289 g/mol. The minimum Gasteiger partial charge on any atom is -0.876 e. The van der Waals surface area contributed by atoms with Crippen LogP contribution in [-0.4, -0.2) is 22.5 Å². The van der Waals surface area contributed by atoms with E-state index in [2.05, 4.69) is 0 Å². The predicted molar refractivity (Wildman–Crippen MR) is 56.1 cm³/mol. The largest absolute Gasteiger partial charge is 2.00 e. The molecule has 0 heterocycles. The molecule has 0 saturated heterocycles. The smallest absolute Gasteiger partial charge is 0.876 e. The first-order chi connectivity index (χ1) is 6.25. The van der Waals surface area contributed by atoms with Gasteiger partial charge < -0.3 is 21.2 Å². The molecule has 0 aromatic heterocycles. The number of hydrogen-bond donors (Lipinski definition) is 0. The molecule has 0 saturated carbocycles. The molecule has 0 aromatic carbocycles. The summed E-state index contributed by atoms with van der Waals surface area (Å²) in [6, 6.07) is 0. The number of carbonyl (C=O) groups is 2. The van der Waals surface area contributed by atoms with Crippen LogP contribution in [0.1, 0.15) is 27.7 Å². The Labute approximate surface area is 111 Å². The molecule has 0 atom stereocenters. The molecule has 6 nitrogen and oxygen atoms in total. The average Bonchev–Trinajstić information content (AvgIpc) is 1.79. The molecule has 0 fully saturated rings. The van der Waals surface area contributed by atoms with Gasteiger partial charge in [-0.1, -0.05) is 13.8 Å². The van der Waals surface area contributed by atoms with Gasteiger partial charge in [0, 0.05) is 0 Å². The second kappa shape index (κ2) is 17.3. The van der Waals surface area contributed by atoms with E-state index in [1.165, 1.54) is 27.7 Å². The van der Waals surface area contributed by atoms with Gasteiger partial charge in [-0.3, -0.25) is 9.59 Å². The maximum Gasteiger partial charge on any atom is 2.00 e. The van der Waals surface area contributed by atoms with Gasteiger partial charge in [-0.05, 0) is 26.0 Å². The summed E-state index contributed by atoms with van der Waals surface area (Å²) in [6.07, 6.45) is 2.11. The van der Waals surface area contributed by atoms with Gasteiger partial charge in [0.05, 0.1) is 0 Å². The van der Waals surface area contributed by atoms with Crippen molar-refractivity contribution in [3.8, 4) is 0 Å². The van der Waals surface area contributed by atoms with E-state index in [1.807, 2.05) is 0 Å². The van der Waals surface area contributed by atoms with Gasteiger partial charge in [-0.25, -0.2) is 0 Å². The molecular weight excluding hydrogens is 271 g/mol. The standard InChI is InChI=1S/2C5H8O2.Mn.2H2O/c2*1-4(6)3-5(2)7;;;/h2*3,6H,1-2H3;;2*1H2/q;;+2;;/p-2. The van der Waals surface area contributed by atoms with Crippen LogP contribution in [0.2, 0.25) is 0 Å². The first-order valence-corrected chi connectivity index (χ1v) is 3.97. The van der Waals surface area contributed by atoms with Gasteiger partial charge in [0.25, 0.3) is 0 Å². The van der Waals surface area contributed by atoms with E-state index < -0.39 is 0 Å². The number of hydrogen-bond acceptors (Lipinski definition) is 4. The summed E-state index contributed by atoms with van der Waals surface area (Å²) in [5.41, 5.74) is 0.